The van der Waals surface area contributed by atoms with Crippen LogP contribution in [0.5, 0.6) is 0 Å². The van der Waals surface area contributed by atoms with Gasteiger partial charge in [-0.15, -0.1) is 0 Å². The van der Waals surface area contributed by atoms with Gasteiger partial charge in [0.05, 0.1) is 30.1 Å². The van der Waals surface area contributed by atoms with E-state index in [1.807, 2.05) is 24.4 Å². The van der Waals surface area contributed by atoms with Gasteiger partial charge in [0.25, 0.3) is 0 Å². The lowest BCUT2D eigenvalue weighted by Gasteiger charge is -2.29. The van der Waals surface area contributed by atoms with Crippen LogP contribution >= 0.6 is 0 Å². The zero-order valence-electron chi connectivity index (χ0n) is 12.2. The van der Waals surface area contributed by atoms with Crippen molar-refractivity contribution in [2.45, 2.75) is 37.9 Å². The minimum atomic E-state index is -2.95. The quantitative estimate of drug-likeness (QED) is 0.941. The number of nitrogens with zero attached hydrogens (tertiary/aromatic N) is 2. The minimum absolute atomic E-state index is 0.159. The minimum Gasteiger partial charge on any atom is -0.363 e. The van der Waals surface area contributed by atoms with Gasteiger partial charge >= 0.3 is 0 Å². The molecule has 0 spiro atoms. The second-order valence-electron chi connectivity index (χ2n) is 5.78. The van der Waals surface area contributed by atoms with Crippen molar-refractivity contribution in [2.75, 3.05) is 4.90 Å². The molecule has 2 heterocycles. The first-order chi connectivity index (χ1) is 9.94. The topological polar surface area (TPSA) is 66.1 Å². The summed E-state index contributed by atoms with van der Waals surface area (Å²) in [5.41, 5.74) is 3.96. The van der Waals surface area contributed by atoms with Crippen LogP contribution in [0.25, 0.3) is 0 Å². The highest BCUT2D eigenvalue weighted by molar-refractivity contribution is 7.90. The van der Waals surface area contributed by atoms with Crippen molar-refractivity contribution in [3.8, 4) is 0 Å². The first-order valence-corrected chi connectivity index (χ1v) is 8.83. The zero-order chi connectivity index (χ0) is 15.0. The van der Waals surface area contributed by atoms with E-state index in [1.165, 1.54) is 0 Å². The summed E-state index contributed by atoms with van der Waals surface area (Å²) in [6, 6.07) is 6.27. The van der Waals surface area contributed by atoms with E-state index in [0.29, 0.717) is 6.04 Å². The van der Waals surface area contributed by atoms with Crippen molar-refractivity contribution in [2.24, 2.45) is 0 Å². The fraction of sp³-hybridized carbons (Fsp3) is 0.400. The molecule has 21 heavy (non-hydrogen) atoms. The molecular weight excluding hydrogens is 286 g/mol. The summed E-state index contributed by atoms with van der Waals surface area (Å²) >= 11 is 0. The zero-order valence-corrected chi connectivity index (χ0v) is 13.0. The lowest BCUT2D eigenvalue weighted by molar-refractivity contribution is 0.598. The Morgan fingerprint density at radius 1 is 1.29 bits per heavy atom. The molecule has 1 N–H and O–H groups in total. The average molecular weight is 305 g/mol. The largest absolute Gasteiger partial charge is 0.363 e. The Hall–Kier alpha value is -1.82. The molecule has 0 saturated carbocycles. The summed E-state index contributed by atoms with van der Waals surface area (Å²) in [5, 5.41) is 0. The van der Waals surface area contributed by atoms with Gasteiger partial charge in [-0.25, -0.2) is 13.4 Å². The molecule has 0 unspecified atom stereocenters. The Balaban J connectivity index is 1.91. The first-order valence-electron chi connectivity index (χ1n) is 7.01. The molecule has 0 saturated heterocycles. The molecule has 6 heteroatoms. The van der Waals surface area contributed by atoms with E-state index in [9.17, 15) is 8.42 Å². The van der Waals surface area contributed by atoms with Gasteiger partial charge in [0.1, 0.15) is 0 Å². The highest BCUT2D eigenvalue weighted by atomic mass is 32.2. The number of hydrogen-bond donors (Lipinski definition) is 1. The molecule has 0 fully saturated rings. The van der Waals surface area contributed by atoms with E-state index in [2.05, 4.69) is 28.7 Å². The maximum atomic E-state index is 11.7. The Morgan fingerprint density at radius 2 is 2.05 bits per heavy atom. The fourth-order valence-electron chi connectivity index (χ4n) is 2.72. The normalized spacial score (nSPS) is 16.1. The highest BCUT2D eigenvalue weighted by Gasteiger charge is 2.25. The Bertz CT molecular complexity index is 736. The third-order valence-corrected chi connectivity index (χ3v) is 5.29. The molecule has 1 aromatic heterocycles. The number of aromatic nitrogens is 2. The molecule has 3 rings (SSSR count). The highest BCUT2D eigenvalue weighted by Crippen LogP contribution is 2.30. The van der Waals surface area contributed by atoms with Gasteiger partial charge in [-0.2, -0.15) is 0 Å². The van der Waals surface area contributed by atoms with Crippen LogP contribution in [-0.4, -0.2) is 24.4 Å². The van der Waals surface area contributed by atoms with E-state index in [0.717, 1.165) is 29.1 Å². The number of benzene rings is 1. The van der Waals surface area contributed by atoms with Crippen LogP contribution < -0.4 is 4.90 Å². The second kappa shape index (κ2) is 5.18. The third kappa shape index (κ3) is 2.95. The molecule has 0 amide bonds. The number of anilines is 1. The molecule has 0 radical (unpaired) electrons. The summed E-state index contributed by atoms with van der Waals surface area (Å²) in [7, 11) is -2.95. The van der Waals surface area contributed by atoms with E-state index in [-0.39, 0.29) is 11.5 Å². The molecule has 1 aliphatic heterocycles. The maximum Gasteiger partial charge on any atom is 0.158 e. The van der Waals surface area contributed by atoms with E-state index in [1.54, 1.807) is 6.33 Å². The van der Waals surface area contributed by atoms with Crippen molar-refractivity contribution < 1.29 is 8.42 Å². The molecule has 1 aliphatic rings. The van der Waals surface area contributed by atoms with Crippen molar-refractivity contribution in [1.82, 2.24) is 9.97 Å². The van der Waals surface area contributed by atoms with Gasteiger partial charge in [0.15, 0.2) is 9.84 Å². The molecule has 0 atom stereocenters. The number of rotatable bonds is 4. The van der Waals surface area contributed by atoms with Crippen LogP contribution in [0.15, 0.2) is 30.7 Å². The number of imidazole rings is 1. The monoisotopic (exact) mass is 305 g/mol. The fourth-order valence-corrected chi connectivity index (χ4v) is 4.32. The average Bonchev–Trinajstić information content (AvgIpc) is 2.99. The molecule has 2 aromatic rings. The number of fused-ring (bicyclic) bond motifs is 1. The molecule has 112 valence electrons. The second-order valence-corrected chi connectivity index (χ2v) is 7.85. The first kappa shape index (κ1) is 14.1. The summed E-state index contributed by atoms with van der Waals surface area (Å²) in [5.74, 6) is 0.330. The molecular formula is C15H19N3O2S. The van der Waals surface area contributed by atoms with Crippen LogP contribution in [0, 0.1) is 0 Å². The van der Waals surface area contributed by atoms with Crippen molar-refractivity contribution in [3.05, 3.63) is 47.5 Å². The van der Waals surface area contributed by atoms with Gasteiger partial charge in [-0.05, 0) is 37.1 Å². The number of nitrogens with one attached hydrogen (secondary N) is 1. The van der Waals surface area contributed by atoms with Crippen LogP contribution in [0.3, 0.4) is 0 Å². The molecule has 5 nitrogen and oxygen atoms in total. The Morgan fingerprint density at radius 3 is 2.71 bits per heavy atom. The van der Waals surface area contributed by atoms with Crippen LogP contribution in [0.2, 0.25) is 0 Å². The lowest BCUT2D eigenvalue weighted by Crippen LogP contribution is -2.30. The van der Waals surface area contributed by atoms with Crippen LogP contribution in [0.4, 0.5) is 5.69 Å². The SMILES string of the molecule is CC(C)N(Cc1cnc[nH]1)c1ccc2c(c1)CS(=O)(=O)C2. The number of hydrogen-bond acceptors (Lipinski definition) is 4. The van der Waals surface area contributed by atoms with Crippen LogP contribution in [-0.2, 0) is 27.9 Å². The predicted octanol–water partition coefficient (Wildman–Crippen LogP) is 2.25. The number of sulfone groups is 1. The Kier molecular flexibility index (Phi) is 3.49. The maximum absolute atomic E-state index is 11.7. The van der Waals surface area contributed by atoms with E-state index >= 15 is 0 Å². The van der Waals surface area contributed by atoms with E-state index in [4.69, 9.17) is 0 Å². The van der Waals surface area contributed by atoms with Gasteiger partial charge < -0.3 is 9.88 Å². The molecule has 1 aromatic carbocycles. The van der Waals surface area contributed by atoms with Crippen molar-refractivity contribution >= 4 is 15.5 Å². The van der Waals surface area contributed by atoms with Gasteiger partial charge in [0, 0.05) is 17.9 Å². The van der Waals surface area contributed by atoms with Gasteiger partial charge in [-0.3, -0.25) is 0 Å². The Labute approximate surface area is 124 Å². The van der Waals surface area contributed by atoms with Crippen molar-refractivity contribution in [1.29, 1.82) is 0 Å². The summed E-state index contributed by atoms with van der Waals surface area (Å²) in [6.45, 7) is 4.98. The third-order valence-electron chi connectivity index (χ3n) is 3.79. The number of aromatic amines is 1. The standard InChI is InChI=1S/C15H19N3O2S/c1-11(2)18(7-14-6-16-10-17-14)15-4-3-12-8-21(19,20)9-13(12)5-15/h3-6,10-11H,7-9H2,1-2H3,(H,16,17). The van der Waals surface area contributed by atoms with Gasteiger partial charge in [0.2, 0.25) is 0 Å². The predicted molar refractivity (Wildman–Crippen MR) is 82.7 cm³/mol. The smallest absolute Gasteiger partial charge is 0.158 e. The van der Waals surface area contributed by atoms with Gasteiger partial charge in [-0.1, -0.05) is 6.07 Å². The van der Waals surface area contributed by atoms with E-state index < -0.39 is 9.84 Å². The lowest BCUT2D eigenvalue weighted by atomic mass is 10.1. The molecule has 0 bridgehead atoms. The molecule has 0 aliphatic carbocycles. The number of H-pyrrole nitrogens is 1. The summed E-state index contributed by atoms with van der Waals surface area (Å²) in [4.78, 5) is 9.39. The van der Waals surface area contributed by atoms with Crippen LogP contribution in [0.1, 0.15) is 30.7 Å². The summed E-state index contributed by atoms with van der Waals surface area (Å²) < 4.78 is 23.5. The van der Waals surface area contributed by atoms with Crippen molar-refractivity contribution in [3.63, 3.8) is 0 Å². The summed E-state index contributed by atoms with van der Waals surface area (Å²) in [6.07, 6.45) is 3.48.